The van der Waals surface area contributed by atoms with Crippen molar-refractivity contribution in [1.29, 1.82) is 0 Å². The van der Waals surface area contributed by atoms with Crippen molar-refractivity contribution in [3.63, 3.8) is 0 Å². The Morgan fingerprint density at radius 1 is 1.54 bits per heavy atom. The van der Waals surface area contributed by atoms with E-state index in [4.69, 9.17) is 14.9 Å². The van der Waals surface area contributed by atoms with Crippen molar-refractivity contribution in [2.45, 2.75) is 17.6 Å². The zero-order valence-electron chi connectivity index (χ0n) is 6.57. The van der Waals surface area contributed by atoms with E-state index in [1.165, 1.54) is 0 Å². The molecule has 0 aliphatic carbocycles. The molecule has 0 bridgehead atoms. The van der Waals surface area contributed by atoms with Crippen LogP contribution in [-0.4, -0.2) is 55.9 Å². The summed E-state index contributed by atoms with van der Waals surface area (Å²) in [6.45, 7) is -1.30. The van der Waals surface area contributed by atoms with E-state index in [2.05, 4.69) is 4.74 Å². The maximum atomic E-state index is 10.7. The molecule has 7 nitrogen and oxygen atoms in total. The molecule has 13 heavy (non-hydrogen) atoms. The highest BCUT2D eigenvalue weighted by Crippen LogP contribution is 2.54. The third-order valence-electron chi connectivity index (χ3n) is 2.02. The molecule has 0 saturated carbocycles. The first kappa shape index (κ1) is 11.1. The van der Waals surface area contributed by atoms with Crippen LogP contribution in [0.2, 0.25) is 0 Å². The topological polar surface area (TPSA) is 127 Å². The smallest absolute Gasteiger partial charge is 0.362 e. The molecule has 1 aliphatic rings. The normalized spacial score (nSPS) is 41.0. The fourth-order valence-corrected chi connectivity index (χ4v) is 1.87. The van der Waals surface area contributed by atoms with Crippen molar-refractivity contribution in [3.05, 3.63) is 0 Å². The molecule has 0 spiro atoms. The highest BCUT2D eigenvalue weighted by atomic mass is 31.2. The Labute approximate surface area is 73.7 Å². The summed E-state index contributed by atoms with van der Waals surface area (Å²) in [7, 11) is -4.86. The highest BCUT2D eigenvalue weighted by molar-refractivity contribution is 7.53. The van der Waals surface area contributed by atoms with Gasteiger partial charge in [-0.1, -0.05) is 0 Å². The second-order valence-corrected chi connectivity index (χ2v) is 4.76. The summed E-state index contributed by atoms with van der Waals surface area (Å²) in [6.07, 6.45) is -2.93. The molecule has 78 valence electrons. The molecular weight excluding hydrogens is 203 g/mol. The molecule has 3 atom stereocenters. The Morgan fingerprint density at radius 2 is 2.08 bits per heavy atom. The maximum absolute atomic E-state index is 10.7. The van der Waals surface area contributed by atoms with E-state index < -0.39 is 38.4 Å². The Balaban J connectivity index is 2.90. The molecule has 0 aromatic carbocycles. The number of hydrogen-bond acceptors (Lipinski definition) is 5. The van der Waals surface area contributed by atoms with Gasteiger partial charge >= 0.3 is 7.60 Å². The predicted molar refractivity (Wildman–Crippen MR) is 39.8 cm³/mol. The Bertz CT molecular complexity index is 237. The molecule has 0 aromatic rings. The molecule has 0 aromatic heterocycles. The van der Waals surface area contributed by atoms with Crippen LogP contribution < -0.4 is 0 Å². The number of aliphatic hydroxyl groups excluding tert-OH is 2. The zero-order chi connectivity index (χ0) is 10.3. The minimum Gasteiger partial charge on any atom is -0.394 e. The second kappa shape index (κ2) is 3.29. The van der Waals surface area contributed by atoms with Crippen LogP contribution in [0.25, 0.3) is 0 Å². The summed E-state index contributed by atoms with van der Waals surface area (Å²) in [6, 6.07) is 0. The molecule has 8 heteroatoms. The van der Waals surface area contributed by atoms with Gasteiger partial charge in [-0.3, -0.25) is 4.57 Å². The van der Waals surface area contributed by atoms with Gasteiger partial charge in [0.05, 0.1) is 13.2 Å². The summed E-state index contributed by atoms with van der Waals surface area (Å²) in [5.74, 6) is 0. The molecule has 0 unspecified atom stereocenters. The molecule has 1 aliphatic heterocycles. The number of rotatable bonds is 2. The minimum absolute atomic E-state index is 0.608. The maximum Gasteiger partial charge on any atom is 0.362 e. The van der Waals surface area contributed by atoms with Gasteiger partial charge in [0.15, 0.2) is 0 Å². The monoisotopic (exact) mass is 214 g/mol. The molecule has 1 fully saturated rings. The van der Waals surface area contributed by atoms with E-state index in [9.17, 15) is 14.8 Å². The van der Waals surface area contributed by atoms with E-state index in [0.29, 0.717) is 0 Å². The molecule has 0 radical (unpaired) electrons. The van der Waals surface area contributed by atoms with Crippen molar-refractivity contribution < 1.29 is 34.4 Å². The minimum atomic E-state index is -4.86. The molecule has 5 N–H and O–H groups in total. The SMILES string of the molecule is O=P(O)(O)[C@]1(O)CO[C@H](CO)[C@H]1O. The van der Waals surface area contributed by atoms with Crippen LogP contribution in [0, 0.1) is 0 Å². The van der Waals surface area contributed by atoms with Crippen molar-refractivity contribution in [3.8, 4) is 0 Å². The average molecular weight is 214 g/mol. The molecule has 1 rings (SSSR count). The van der Waals surface area contributed by atoms with Crippen LogP contribution >= 0.6 is 7.60 Å². The van der Waals surface area contributed by atoms with Crippen molar-refractivity contribution in [2.75, 3.05) is 13.2 Å². The molecule has 0 amide bonds. The van der Waals surface area contributed by atoms with Crippen molar-refractivity contribution in [2.24, 2.45) is 0 Å². The van der Waals surface area contributed by atoms with Crippen LogP contribution in [0.3, 0.4) is 0 Å². The van der Waals surface area contributed by atoms with Crippen LogP contribution in [0.4, 0.5) is 0 Å². The second-order valence-electron chi connectivity index (χ2n) is 2.90. The quantitative estimate of drug-likeness (QED) is 0.324. The third-order valence-corrected chi connectivity index (χ3v) is 3.42. The standard InChI is InChI=1S/C5H11O7P/c6-1-3-4(7)5(8,2-12-3)13(9,10)11/h3-4,6-8H,1-2H2,(H2,9,10,11)/t3-,4-,5-/m1/s1. The fraction of sp³-hybridized carbons (Fsp3) is 1.00. The van der Waals surface area contributed by atoms with E-state index in [1.54, 1.807) is 0 Å². The molecular formula is C5H11O7P. The van der Waals surface area contributed by atoms with Crippen LogP contribution in [0.15, 0.2) is 0 Å². The van der Waals surface area contributed by atoms with Gasteiger partial charge in [0.2, 0.25) is 5.34 Å². The van der Waals surface area contributed by atoms with Crippen molar-refractivity contribution in [1.82, 2.24) is 0 Å². The Kier molecular flexibility index (Phi) is 2.80. The summed E-state index contributed by atoms with van der Waals surface area (Å²) in [5.41, 5.74) is 0. The summed E-state index contributed by atoms with van der Waals surface area (Å²) in [5, 5.41) is 24.6. The molecule has 1 saturated heterocycles. The number of ether oxygens (including phenoxy) is 1. The first-order chi connectivity index (χ1) is 5.83. The van der Waals surface area contributed by atoms with E-state index >= 15 is 0 Å². The number of aliphatic hydroxyl groups is 3. The Hall–Kier alpha value is -0.0100. The van der Waals surface area contributed by atoms with Gasteiger partial charge in [0.1, 0.15) is 12.2 Å². The lowest BCUT2D eigenvalue weighted by Gasteiger charge is -2.26. The van der Waals surface area contributed by atoms with Gasteiger partial charge in [-0.05, 0) is 0 Å². The summed E-state index contributed by atoms with van der Waals surface area (Å²) >= 11 is 0. The van der Waals surface area contributed by atoms with Crippen LogP contribution in [-0.2, 0) is 9.30 Å². The van der Waals surface area contributed by atoms with E-state index in [0.717, 1.165) is 0 Å². The summed E-state index contributed by atoms with van der Waals surface area (Å²) in [4.78, 5) is 17.4. The highest BCUT2D eigenvalue weighted by Gasteiger charge is 2.59. The lowest BCUT2D eigenvalue weighted by molar-refractivity contribution is -0.0231. The average Bonchev–Trinajstić information content (AvgIpc) is 2.29. The van der Waals surface area contributed by atoms with Gasteiger partial charge in [0, 0.05) is 0 Å². The van der Waals surface area contributed by atoms with Gasteiger partial charge in [-0.2, -0.15) is 0 Å². The zero-order valence-corrected chi connectivity index (χ0v) is 7.46. The third kappa shape index (κ3) is 1.64. The van der Waals surface area contributed by atoms with Crippen molar-refractivity contribution >= 4 is 7.60 Å². The van der Waals surface area contributed by atoms with E-state index in [-0.39, 0.29) is 0 Å². The van der Waals surface area contributed by atoms with Crippen LogP contribution in [0.5, 0.6) is 0 Å². The van der Waals surface area contributed by atoms with Gasteiger partial charge < -0.3 is 29.8 Å². The van der Waals surface area contributed by atoms with Gasteiger partial charge in [-0.15, -0.1) is 0 Å². The Morgan fingerprint density at radius 3 is 2.31 bits per heavy atom. The predicted octanol–water partition coefficient (Wildman–Crippen LogP) is -2.40. The molecule has 1 heterocycles. The summed E-state index contributed by atoms with van der Waals surface area (Å²) < 4.78 is 15.4. The largest absolute Gasteiger partial charge is 0.394 e. The lowest BCUT2D eigenvalue weighted by Crippen LogP contribution is -2.44. The first-order valence-corrected chi connectivity index (χ1v) is 5.12. The van der Waals surface area contributed by atoms with E-state index in [1.807, 2.05) is 0 Å². The first-order valence-electron chi connectivity index (χ1n) is 3.51. The number of hydrogen-bond donors (Lipinski definition) is 5. The fourth-order valence-electron chi connectivity index (χ4n) is 1.11. The van der Waals surface area contributed by atoms with Crippen LogP contribution in [0.1, 0.15) is 0 Å². The van der Waals surface area contributed by atoms with Gasteiger partial charge in [0.25, 0.3) is 0 Å². The van der Waals surface area contributed by atoms with Gasteiger partial charge in [-0.25, -0.2) is 0 Å². The lowest BCUT2D eigenvalue weighted by atomic mass is 10.1.